The highest BCUT2D eigenvalue weighted by atomic mass is 16.5. The Morgan fingerprint density at radius 3 is 2.67 bits per heavy atom. The second-order valence-corrected chi connectivity index (χ2v) is 4.81. The van der Waals surface area contributed by atoms with Crippen molar-refractivity contribution >= 4 is 11.6 Å². The summed E-state index contributed by atoms with van der Waals surface area (Å²) >= 11 is 0. The van der Waals surface area contributed by atoms with Gasteiger partial charge in [-0.3, -0.25) is 4.79 Å². The largest absolute Gasteiger partial charge is 0.491 e. The number of carbonyl (C=O) groups excluding carboxylic acids is 1. The van der Waals surface area contributed by atoms with Crippen LogP contribution in [0.25, 0.3) is 0 Å². The standard InChI is InChI=1S/C17H16N2O2/c1-12(2)21-15-8-5-7-13(10-15)17(20)19-16-9-4-3-6-14(16)11-18/h3-10,12H,1-2H3,(H,19,20). The van der Waals surface area contributed by atoms with E-state index in [1.54, 1.807) is 48.5 Å². The summed E-state index contributed by atoms with van der Waals surface area (Å²) in [5.41, 5.74) is 1.42. The average Bonchev–Trinajstić information content (AvgIpc) is 2.47. The van der Waals surface area contributed by atoms with Crippen molar-refractivity contribution in [2.45, 2.75) is 20.0 Å². The zero-order chi connectivity index (χ0) is 15.2. The van der Waals surface area contributed by atoms with Crippen molar-refractivity contribution in [1.29, 1.82) is 5.26 Å². The number of nitrogens with one attached hydrogen (secondary N) is 1. The fourth-order valence-electron chi connectivity index (χ4n) is 1.87. The summed E-state index contributed by atoms with van der Waals surface area (Å²) in [7, 11) is 0. The summed E-state index contributed by atoms with van der Waals surface area (Å²) in [4.78, 5) is 12.2. The Balaban J connectivity index is 2.19. The average molecular weight is 280 g/mol. The van der Waals surface area contributed by atoms with Gasteiger partial charge in [0, 0.05) is 5.56 Å². The van der Waals surface area contributed by atoms with Crippen molar-refractivity contribution in [2.24, 2.45) is 0 Å². The minimum atomic E-state index is -0.271. The van der Waals surface area contributed by atoms with E-state index >= 15 is 0 Å². The number of ether oxygens (including phenoxy) is 1. The fourth-order valence-corrected chi connectivity index (χ4v) is 1.87. The van der Waals surface area contributed by atoms with Gasteiger partial charge in [-0.25, -0.2) is 0 Å². The first-order valence-corrected chi connectivity index (χ1v) is 6.67. The molecule has 0 aromatic heterocycles. The van der Waals surface area contributed by atoms with E-state index in [0.29, 0.717) is 22.6 Å². The second-order valence-electron chi connectivity index (χ2n) is 4.81. The van der Waals surface area contributed by atoms with Gasteiger partial charge in [-0.15, -0.1) is 0 Å². The Morgan fingerprint density at radius 2 is 1.95 bits per heavy atom. The monoisotopic (exact) mass is 280 g/mol. The fraction of sp³-hybridized carbons (Fsp3) is 0.176. The predicted molar refractivity (Wildman–Crippen MR) is 81.3 cm³/mol. The van der Waals surface area contributed by atoms with Crippen LogP contribution in [0.1, 0.15) is 29.8 Å². The lowest BCUT2D eigenvalue weighted by Gasteiger charge is -2.11. The smallest absolute Gasteiger partial charge is 0.255 e. The number of nitriles is 1. The third kappa shape index (κ3) is 3.83. The molecule has 0 aliphatic carbocycles. The second kappa shape index (κ2) is 6.58. The molecule has 4 nitrogen and oxygen atoms in total. The molecule has 4 heteroatoms. The number of rotatable bonds is 4. The Labute approximate surface area is 124 Å². The van der Waals surface area contributed by atoms with E-state index in [1.807, 2.05) is 13.8 Å². The molecule has 0 radical (unpaired) electrons. The number of benzene rings is 2. The van der Waals surface area contributed by atoms with Crippen LogP contribution < -0.4 is 10.1 Å². The molecular weight excluding hydrogens is 264 g/mol. The molecule has 0 atom stereocenters. The van der Waals surface area contributed by atoms with E-state index < -0.39 is 0 Å². The molecule has 2 aromatic rings. The number of para-hydroxylation sites is 1. The maximum atomic E-state index is 12.2. The van der Waals surface area contributed by atoms with Gasteiger partial charge in [0.15, 0.2) is 0 Å². The Morgan fingerprint density at radius 1 is 1.19 bits per heavy atom. The first-order valence-electron chi connectivity index (χ1n) is 6.67. The molecule has 106 valence electrons. The first kappa shape index (κ1) is 14.6. The van der Waals surface area contributed by atoms with Gasteiger partial charge in [0.05, 0.1) is 17.4 Å². The minimum Gasteiger partial charge on any atom is -0.491 e. The summed E-state index contributed by atoms with van der Waals surface area (Å²) < 4.78 is 5.57. The van der Waals surface area contributed by atoms with E-state index in [-0.39, 0.29) is 12.0 Å². The molecule has 1 amide bonds. The molecule has 0 bridgehead atoms. The van der Waals surface area contributed by atoms with Crippen molar-refractivity contribution in [2.75, 3.05) is 5.32 Å². The Hall–Kier alpha value is -2.80. The van der Waals surface area contributed by atoms with Gasteiger partial charge >= 0.3 is 0 Å². The predicted octanol–water partition coefficient (Wildman–Crippen LogP) is 3.60. The molecule has 1 N–H and O–H groups in total. The molecule has 0 saturated carbocycles. The molecule has 0 aliphatic heterocycles. The topological polar surface area (TPSA) is 62.1 Å². The molecule has 0 fully saturated rings. The van der Waals surface area contributed by atoms with Crippen molar-refractivity contribution in [3.63, 3.8) is 0 Å². The number of hydrogen-bond acceptors (Lipinski definition) is 3. The summed E-state index contributed by atoms with van der Waals surface area (Å²) in [5, 5.41) is 11.8. The van der Waals surface area contributed by atoms with Crippen LogP contribution in [0, 0.1) is 11.3 Å². The number of amides is 1. The lowest BCUT2D eigenvalue weighted by molar-refractivity contribution is 0.102. The molecule has 0 unspecified atom stereocenters. The van der Waals surface area contributed by atoms with Crippen LogP contribution in [0.5, 0.6) is 5.75 Å². The normalized spacial score (nSPS) is 10.0. The Kier molecular flexibility index (Phi) is 4.57. The molecule has 2 rings (SSSR count). The van der Waals surface area contributed by atoms with Crippen LogP contribution in [0.15, 0.2) is 48.5 Å². The summed E-state index contributed by atoms with van der Waals surface area (Å²) in [5.74, 6) is 0.373. The van der Waals surface area contributed by atoms with Crippen molar-refractivity contribution < 1.29 is 9.53 Å². The van der Waals surface area contributed by atoms with Crippen LogP contribution in [0.2, 0.25) is 0 Å². The van der Waals surface area contributed by atoms with Crippen molar-refractivity contribution in [1.82, 2.24) is 0 Å². The first-order chi connectivity index (χ1) is 10.1. The highest BCUT2D eigenvalue weighted by Gasteiger charge is 2.10. The van der Waals surface area contributed by atoms with Crippen molar-refractivity contribution in [3.05, 3.63) is 59.7 Å². The van der Waals surface area contributed by atoms with Gasteiger partial charge in [0.2, 0.25) is 0 Å². The highest BCUT2D eigenvalue weighted by Crippen LogP contribution is 2.18. The Bertz CT molecular complexity index is 687. The lowest BCUT2D eigenvalue weighted by atomic mass is 10.1. The van der Waals surface area contributed by atoms with Gasteiger partial charge in [0.25, 0.3) is 5.91 Å². The van der Waals surface area contributed by atoms with E-state index in [4.69, 9.17) is 10.00 Å². The maximum Gasteiger partial charge on any atom is 0.255 e. The number of nitrogens with zero attached hydrogens (tertiary/aromatic N) is 1. The van der Waals surface area contributed by atoms with Crippen LogP contribution in [-0.2, 0) is 0 Å². The van der Waals surface area contributed by atoms with Gasteiger partial charge in [-0.2, -0.15) is 5.26 Å². The van der Waals surface area contributed by atoms with Gasteiger partial charge in [-0.05, 0) is 44.2 Å². The number of carbonyl (C=O) groups is 1. The number of anilines is 1. The minimum absolute atomic E-state index is 0.0441. The summed E-state index contributed by atoms with van der Waals surface area (Å²) in [6.45, 7) is 3.85. The third-order valence-electron chi connectivity index (χ3n) is 2.76. The zero-order valence-corrected chi connectivity index (χ0v) is 12.0. The SMILES string of the molecule is CC(C)Oc1cccc(C(=O)Nc2ccccc2C#N)c1. The summed E-state index contributed by atoms with van der Waals surface area (Å²) in [6.07, 6.45) is 0.0441. The van der Waals surface area contributed by atoms with E-state index in [1.165, 1.54) is 0 Å². The quantitative estimate of drug-likeness (QED) is 0.930. The highest BCUT2D eigenvalue weighted by molar-refractivity contribution is 6.05. The third-order valence-corrected chi connectivity index (χ3v) is 2.76. The lowest BCUT2D eigenvalue weighted by Crippen LogP contribution is -2.13. The van der Waals surface area contributed by atoms with Gasteiger partial charge < -0.3 is 10.1 Å². The van der Waals surface area contributed by atoms with E-state index in [2.05, 4.69) is 11.4 Å². The molecule has 0 saturated heterocycles. The molecule has 0 spiro atoms. The number of hydrogen-bond donors (Lipinski definition) is 1. The van der Waals surface area contributed by atoms with E-state index in [9.17, 15) is 4.79 Å². The van der Waals surface area contributed by atoms with Crippen LogP contribution >= 0.6 is 0 Å². The van der Waals surface area contributed by atoms with Crippen LogP contribution in [0.4, 0.5) is 5.69 Å². The van der Waals surface area contributed by atoms with Crippen LogP contribution in [0.3, 0.4) is 0 Å². The van der Waals surface area contributed by atoms with Crippen molar-refractivity contribution in [3.8, 4) is 11.8 Å². The molecule has 2 aromatic carbocycles. The molecule has 21 heavy (non-hydrogen) atoms. The maximum absolute atomic E-state index is 12.2. The van der Waals surface area contributed by atoms with Crippen LogP contribution in [-0.4, -0.2) is 12.0 Å². The molecule has 0 heterocycles. The molecular formula is C17H16N2O2. The zero-order valence-electron chi connectivity index (χ0n) is 12.0. The molecule has 0 aliphatic rings. The van der Waals surface area contributed by atoms with E-state index in [0.717, 1.165) is 0 Å². The summed E-state index contributed by atoms with van der Waals surface area (Å²) in [6, 6.07) is 15.9. The van der Waals surface area contributed by atoms with Gasteiger partial charge in [0.1, 0.15) is 11.8 Å². The van der Waals surface area contributed by atoms with Gasteiger partial charge in [-0.1, -0.05) is 18.2 Å².